The first-order valence-corrected chi connectivity index (χ1v) is 6.89. The Labute approximate surface area is 127 Å². The van der Waals surface area contributed by atoms with E-state index in [1.165, 1.54) is 0 Å². The van der Waals surface area contributed by atoms with Crippen molar-refractivity contribution in [3.63, 3.8) is 0 Å². The normalized spacial score (nSPS) is 10.4. The smallest absolute Gasteiger partial charge is 0.276 e. The molecular weight excluding hydrogens is 280 g/mol. The van der Waals surface area contributed by atoms with Gasteiger partial charge in [0, 0.05) is 17.6 Å². The highest BCUT2D eigenvalue weighted by atomic mass is 16.5. The fourth-order valence-electron chi connectivity index (χ4n) is 2.06. The third kappa shape index (κ3) is 2.85. The molecular formula is C16H14N4O2. The van der Waals surface area contributed by atoms with Gasteiger partial charge in [0.15, 0.2) is 5.69 Å². The molecule has 3 rings (SSSR count). The van der Waals surface area contributed by atoms with Crippen LogP contribution in [0.25, 0.3) is 10.9 Å². The number of aromatic nitrogens is 3. The number of carbonyl (C=O) groups is 1. The molecule has 0 radical (unpaired) electrons. The Bertz CT molecular complexity index is 797. The third-order valence-electron chi connectivity index (χ3n) is 3.05. The third-order valence-corrected chi connectivity index (χ3v) is 3.05. The van der Waals surface area contributed by atoms with Gasteiger partial charge in [0.2, 0.25) is 5.88 Å². The number of rotatable bonds is 4. The number of nitrogens with zero attached hydrogens (tertiary/aromatic N) is 3. The first kappa shape index (κ1) is 13.9. The summed E-state index contributed by atoms with van der Waals surface area (Å²) in [4.78, 5) is 16.5. The fraction of sp³-hybridized carbons (Fsp3) is 0.125. The minimum atomic E-state index is -0.339. The summed E-state index contributed by atoms with van der Waals surface area (Å²) in [6, 6.07) is 12.6. The van der Waals surface area contributed by atoms with Crippen molar-refractivity contribution < 1.29 is 9.53 Å². The van der Waals surface area contributed by atoms with E-state index in [0.717, 1.165) is 10.9 Å². The standard InChI is InChI=1S/C16H14N4O2/c1-2-22-14-9-8-13(19-20-14)16(21)18-12-7-3-5-11-6-4-10-17-15(11)12/h3-10H,2H2,1H3,(H,18,21). The molecule has 0 saturated carbocycles. The van der Waals surface area contributed by atoms with Crippen LogP contribution >= 0.6 is 0 Å². The number of hydrogen-bond donors (Lipinski definition) is 1. The van der Waals surface area contributed by atoms with E-state index in [-0.39, 0.29) is 11.6 Å². The van der Waals surface area contributed by atoms with Crippen LogP contribution < -0.4 is 10.1 Å². The van der Waals surface area contributed by atoms with Crippen molar-refractivity contribution in [1.29, 1.82) is 0 Å². The van der Waals surface area contributed by atoms with Gasteiger partial charge in [-0.2, -0.15) is 0 Å². The number of hydrogen-bond acceptors (Lipinski definition) is 5. The van der Waals surface area contributed by atoms with Crippen LogP contribution in [-0.4, -0.2) is 27.7 Å². The first-order valence-electron chi connectivity index (χ1n) is 6.89. The molecule has 6 heteroatoms. The van der Waals surface area contributed by atoms with Gasteiger partial charge in [-0.05, 0) is 25.1 Å². The maximum atomic E-state index is 12.2. The van der Waals surface area contributed by atoms with Gasteiger partial charge in [0.05, 0.1) is 17.8 Å². The monoisotopic (exact) mass is 294 g/mol. The van der Waals surface area contributed by atoms with Gasteiger partial charge in [-0.25, -0.2) is 0 Å². The Balaban J connectivity index is 1.83. The van der Waals surface area contributed by atoms with Crippen molar-refractivity contribution in [2.45, 2.75) is 6.92 Å². The molecule has 0 atom stereocenters. The zero-order valence-corrected chi connectivity index (χ0v) is 12.0. The first-order chi connectivity index (χ1) is 10.8. The number of anilines is 1. The van der Waals surface area contributed by atoms with Crippen LogP contribution in [0.3, 0.4) is 0 Å². The van der Waals surface area contributed by atoms with E-state index in [4.69, 9.17) is 4.74 Å². The van der Waals surface area contributed by atoms with E-state index in [1.54, 1.807) is 24.4 Å². The lowest BCUT2D eigenvalue weighted by Crippen LogP contribution is -2.15. The molecule has 3 aromatic rings. The van der Waals surface area contributed by atoms with Gasteiger partial charge in [-0.15, -0.1) is 10.2 Å². The number of carbonyl (C=O) groups excluding carboxylic acids is 1. The van der Waals surface area contributed by atoms with Crippen LogP contribution in [0.5, 0.6) is 5.88 Å². The number of ether oxygens (including phenoxy) is 1. The van der Waals surface area contributed by atoms with Crippen molar-refractivity contribution in [1.82, 2.24) is 15.2 Å². The maximum Gasteiger partial charge on any atom is 0.276 e. The Hall–Kier alpha value is -3.02. The van der Waals surface area contributed by atoms with Crippen LogP contribution in [0.1, 0.15) is 17.4 Å². The van der Waals surface area contributed by atoms with Crippen molar-refractivity contribution >= 4 is 22.5 Å². The van der Waals surface area contributed by atoms with Gasteiger partial charge >= 0.3 is 0 Å². The molecule has 2 heterocycles. The van der Waals surface area contributed by atoms with Crippen LogP contribution in [0.4, 0.5) is 5.69 Å². The second-order valence-electron chi connectivity index (χ2n) is 4.52. The molecule has 0 unspecified atom stereocenters. The van der Waals surface area contributed by atoms with Crippen molar-refractivity contribution in [2.24, 2.45) is 0 Å². The molecule has 22 heavy (non-hydrogen) atoms. The molecule has 6 nitrogen and oxygen atoms in total. The van der Waals surface area contributed by atoms with Gasteiger partial charge < -0.3 is 10.1 Å². The predicted molar refractivity (Wildman–Crippen MR) is 82.9 cm³/mol. The number of fused-ring (bicyclic) bond motifs is 1. The Kier molecular flexibility index (Phi) is 3.91. The highest BCUT2D eigenvalue weighted by Crippen LogP contribution is 2.21. The van der Waals surface area contributed by atoms with Crippen LogP contribution in [0.2, 0.25) is 0 Å². The van der Waals surface area contributed by atoms with Crippen LogP contribution in [0.15, 0.2) is 48.7 Å². The zero-order chi connectivity index (χ0) is 15.4. The summed E-state index contributed by atoms with van der Waals surface area (Å²) >= 11 is 0. The molecule has 1 aromatic carbocycles. The Morgan fingerprint density at radius 3 is 2.77 bits per heavy atom. The average Bonchev–Trinajstić information content (AvgIpc) is 2.56. The highest BCUT2D eigenvalue weighted by Gasteiger charge is 2.11. The number of benzene rings is 1. The van der Waals surface area contributed by atoms with Crippen LogP contribution in [-0.2, 0) is 0 Å². The molecule has 0 spiro atoms. The lowest BCUT2D eigenvalue weighted by atomic mass is 10.2. The summed E-state index contributed by atoms with van der Waals surface area (Å²) in [5.74, 6) is 0.0552. The number of amides is 1. The largest absolute Gasteiger partial charge is 0.477 e. The van der Waals surface area contributed by atoms with Crippen molar-refractivity contribution in [3.05, 3.63) is 54.4 Å². The summed E-state index contributed by atoms with van der Waals surface area (Å²) in [5.41, 5.74) is 1.59. The maximum absolute atomic E-state index is 12.2. The van der Waals surface area contributed by atoms with E-state index in [1.807, 2.05) is 31.2 Å². The second-order valence-corrected chi connectivity index (χ2v) is 4.52. The van der Waals surface area contributed by atoms with Gasteiger partial charge in [-0.3, -0.25) is 9.78 Å². The van der Waals surface area contributed by atoms with E-state index in [0.29, 0.717) is 18.2 Å². The molecule has 0 fully saturated rings. The molecule has 110 valence electrons. The van der Waals surface area contributed by atoms with Crippen molar-refractivity contribution in [3.8, 4) is 5.88 Å². The minimum Gasteiger partial charge on any atom is -0.477 e. The van der Waals surface area contributed by atoms with Crippen LogP contribution in [0, 0.1) is 0 Å². The Morgan fingerprint density at radius 2 is 2.00 bits per heavy atom. The van der Waals surface area contributed by atoms with E-state index in [2.05, 4.69) is 20.5 Å². The predicted octanol–water partition coefficient (Wildman–Crippen LogP) is 2.68. The molecule has 0 bridgehead atoms. The Morgan fingerprint density at radius 1 is 1.14 bits per heavy atom. The SMILES string of the molecule is CCOc1ccc(C(=O)Nc2cccc3cccnc23)nn1. The fourth-order valence-corrected chi connectivity index (χ4v) is 2.06. The van der Waals surface area contributed by atoms with E-state index < -0.39 is 0 Å². The van der Waals surface area contributed by atoms with Crippen molar-refractivity contribution in [2.75, 3.05) is 11.9 Å². The lowest BCUT2D eigenvalue weighted by molar-refractivity contribution is 0.102. The molecule has 0 aliphatic rings. The van der Waals surface area contributed by atoms with E-state index in [9.17, 15) is 4.79 Å². The summed E-state index contributed by atoms with van der Waals surface area (Å²) in [6.07, 6.45) is 1.69. The number of pyridine rings is 1. The highest BCUT2D eigenvalue weighted by molar-refractivity contribution is 6.07. The summed E-state index contributed by atoms with van der Waals surface area (Å²) in [5, 5.41) is 11.5. The lowest BCUT2D eigenvalue weighted by Gasteiger charge is -2.07. The summed E-state index contributed by atoms with van der Waals surface area (Å²) in [6.45, 7) is 2.36. The molecule has 0 saturated heterocycles. The average molecular weight is 294 g/mol. The quantitative estimate of drug-likeness (QED) is 0.800. The summed E-state index contributed by atoms with van der Waals surface area (Å²) in [7, 11) is 0. The summed E-state index contributed by atoms with van der Waals surface area (Å²) < 4.78 is 5.20. The second kappa shape index (κ2) is 6.17. The molecule has 1 N–H and O–H groups in total. The topological polar surface area (TPSA) is 77.0 Å². The molecule has 0 aliphatic heterocycles. The molecule has 2 aromatic heterocycles. The molecule has 1 amide bonds. The van der Waals surface area contributed by atoms with E-state index >= 15 is 0 Å². The zero-order valence-electron chi connectivity index (χ0n) is 12.0. The number of para-hydroxylation sites is 1. The van der Waals surface area contributed by atoms with Gasteiger partial charge in [-0.1, -0.05) is 18.2 Å². The van der Waals surface area contributed by atoms with Gasteiger partial charge in [0.25, 0.3) is 5.91 Å². The van der Waals surface area contributed by atoms with Gasteiger partial charge in [0.1, 0.15) is 0 Å². The number of nitrogens with one attached hydrogen (secondary N) is 1. The minimum absolute atomic E-state index is 0.219. The molecule has 0 aliphatic carbocycles.